The smallest absolute Gasteiger partial charge is 0.573 e. The Bertz CT molecular complexity index is 2550. The van der Waals surface area contributed by atoms with Gasteiger partial charge in [0, 0.05) is 28.9 Å². The summed E-state index contributed by atoms with van der Waals surface area (Å²) in [4.78, 5) is 8.61. The molecule has 4 aromatic heterocycles. The van der Waals surface area contributed by atoms with Gasteiger partial charge in [-0.3, -0.25) is 9.97 Å². The van der Waals surface area contributed by atoms with Crippen LogP contribution in [0.5, 0.6) is 0 Å². The van der Waals surface area contributed by atoms with Crippen molar-refractivity contribution in [1.29, 1.82) is 0 Å². The summed E-state index contributed by atoms with van der Waals surface area (Å²) in [5.74, 6) is -0.579. The van der Waals surface area contributed by atoms with Crippen LogP contribution in [-0.4, -0.2) is 33.5 Å². The first-order valence-electron chi connectivity index (χ1n) is 19.6. The molecule has 0 aliphatic carbocycles. The van der Waals surface area contributed by atoms with Crippen LogP contribution < -0.4 is 31.4 Å². The number of benzene rings is 6. The van der Waals surface area contributed by atoms with E-state index in [-0.39, 0.29) is 19.5 Å². The van der Waals surface area contributed by atoms with Crippen molar-refractivity contribution in [2.45, 2.75) is 6.92 Å². The van der Waals surface area contributed by atoms with Crippen LogP contribution in [-0.2, 0) is 19.5 Å². The molecular weight excluding hydrogens is 879 g/mol. The van der Waals surface area contributed by atoms with Gasteiger partial charge in [0.2, 0.25) is 0 Å². The van der Waals surface area contributed by atoms with Crippen LogP contribution in [0, 0.1) is 12.9 Å². The molecule has 6 nitrogen and oxygen atoms in total. The van der Waals surface area contributed by atoms with Crippen molar-refractivity contribution >= 4 is 58.6 Å². The maximum atomic E-state index is 12.8. The normalized spacial score (nSPS) is 10.5. The summed E-state index contributed by atoms with van der Waals surface area (Å²) in [6, 6.07) is 66.1. The third kappa shape index (κ3) is 12.1. The van der Waals surface area contributed by atoms with Gasteiger partial charge >= 0.3 is 19.5 Å². The molecular formula is C51H45FN6P2Ru+2. The van der Waals surface area contributed by atoms with Crippen molar-refractivity contribution in [2.24, 2.45) is 0 Å². The Labute approximate surface area is 372 Å². The van der Waals surface area contributed by atoms with Crippen molar-refractivity contribution in [3.63, 3.8) is 0 Å². The van der Waals surface area contributed by atoms with Gasteiger partial charge in [-0.05, 0) is 84.4 Å². The third-order valence-electron chi connectivity index (χ3n) is 9.83. The number of aryl methyl sites for hydroxylation is 1. The Morgan fingerprint density at radius 1 is 0.426 bits per heavy atom. The van der Waals surface area contributed by atoms with E-state index in [1.165, 1.54) is 32.7 Å². The van der Waals surface area contributed by atoms with E-state index in [9.17, 15) is 4.39 Å². The van der Waals surface area contributed by atoms with Crippen LogP contribution >= 0.6 is 15.8 Å². The molecule has 0 atom stereocenters. The number of hydrogen-bond acceptors (Lipinski definition) is 4. The minimum atomic E-state index is -0.579. The quantitative estimate of drug-likeness (QED) is 0.122. The molecule has 0 saturated carbocycles. The third-order valence-corrected chi connectivity index (χ3v) is 14.6. The van der Waals surface area contributed by atoms with Crippen LogP contribution in [0.15, 0.2) is 207 Å². The Balaban J connectivity index is 0.000000136. The summed E-state index contributed by atoms with van der Waals surface area (Å²) in [6.45, 7) is 6.62. The van der Waals surface area contributed by atoms with Gasteiger partial charge in [-0.2, -0.15) is 4.39 Å². The van der Waals surface area contributed by atoms with E-state index < -0.39 is 21.8 Å². The number of nitrogens with zero attached hydrogens (tertiary/aromatic N) is 6. The van der Waals surface area contributed by atoms with Crippen LogP contribution in [0.3, 0.4) is 0 Å². The average Bonchev–Trinajstić information content (AvgIpc) is 3.97. The number of rotatable bonds is 6. The molecule has 0 bridgehead atoms. The molecule has 0 spiro atoms. The van der Waals surface area contributed by atoms with Crippen LogP contribution in [0.2, 0.25) is 0 Å². The van der Waals surface area contributed by atoms with Crippen molar-refractivity contribution in [1.82, 2.24) is 30.4 Å². The molecule has 0 N–H and O–H groups in total. The van der Waals surface area contributed by atoms with E-state index in [1.54, 1.807) is 6.20 Å². The van der Waals surface area contributed by atoms with Crippen molar-refractivity contribution in [3.05, 3.63) is 218 Å². The molecule has 0 aliphatic rings. The van der Waals surface area contributed by atoms with E-state index in [2.05, 4.69) is 177 Å². The van der Waals surface area contributed by atoms with E-state index in [1.807, 2.05) is 67.7 Å². The van der Waals surface area contributed by atoms with Crippen LogP contribution in [0.1, 0.15) is 5.69 Å². The van der Waals surface area contributed by atoms with Crippen LogP contribution in [0.25, 0.3) is 44.3 Å². The van der Waals surface area contributed by atoms with E-state index in [0.717, 1.165) is 33.2 Å². The van der Waals surface area contributed by atoms with Gasteiger partial charge < -0.3 is 20.4 Å². The number of halogens is 1. The minimum Gasteiger partial charge on any atom is -0.573 e. The maximum Gasteiger partial charge on any atom is 2.00 e. The Hall–Kier alpha value is -6.03. The summed E-state index contributed by atoms with van der Waals surface area (Å²) in [7, 11) is -1.09. The number of pyridine rings is 2. The van der Waals surface area contributed by atoms with E-state index >= 15 is 0 Å². The van der Waals surface area contributed by atoms with Gasteiger partial charge in [0.25, 0.3) is 0 Å². The number of fused-ring (bicyclic) bond motifs is 2. The van der Waals surface area contributed by atoms with Crippen molar-refractivity contribution in [3.8, 4) is 22.8 Å². The molecule has 10 heteroatoms. The molecule has 61 heavy (non-hydrogen) atoms. The van der Waals surface area contributed by atoms with Gasteiger partial charge in [0.15, 0.2) is 5.95 Å². The second-order valence-corrected chi connectivity index (χ2v) is 18.7. The van der Waals surface area contributed by atoms with Gasteiger partial charge in [0.1, 0.15) is 0 Å². The molecule has 4 heterocycles. The van der Waals surface area contributed by atoms with Gasteiger partial charge in [0.05, 0.1) is 61.8 Å². The number of hydrogen-bond donors (Lipinski definition) is 0. The molecule has 6 aromatic carbocycles. The summed E-state index contributed by atoms with van der Waals surface area (Å²) in [5, 5.41) is 25.4. The van der Waals surface area contributed by atoms with E-state index in [4.69, 9.17) is 0 Å². The predicted octanol–water partition coefficient (Wildman–Crippen LogP) is 9.92. The molecule has 0 amide bonds. The second-order valence-electron chi connectivity index (χ2n) is 13.9. The van der Waals surface area contributed by atoms with Gasteiger partial charge in [-0.25, -0.2) is 0 Å². The first kappa shape index (κ1) is 44.5. The Morgan fingerprint density at radius 3 is 1.11 bits per heavy atom. The first-order chi connectivity index (χ1) is 29.4. The zero-order valence-corrected chi connectivity index (χ0v) is 37.8. The van der Waals surface area contributed by atoms with Crippen molar-refractivity contribution < 1.29 is 23.9 Å². The molecule has 0 unspecified atom stereocenters. The largest absolute Gasteiger partial charge is 2.00 e. The zero-order chi connectivity index (χ0) is 41.5. The number of aromatic nitrogens is 6. The van der Waals surface area contributed by atoms with Gasteiger partial charge in [-0.15, -0.1) is 0 Å². The fraction of sp³-hybridized carbons (Fsp3) is 0.0588. The van der Waals surface area contributed by atoms with Crippen LogP contribution in [0.4, 0.5) is 4.39 Å². The molecule has 0 radical (unpaired) electrons. The first-order valence-corrected chi connectivity index (χ1v) is 23.6. The molecule has 10 aromatic rings. The predicted molar refractivity (Wildman–Crippen MR) is 254 cm³/mol. The molecule has 0 saturated heterocycles. The average molecular weight is 924 g/mol. The summed E-state index contributed by atoms with van der Waals surface area (Å²) < 4.78 is 12.8. The standard InChI is InChI=1S/C13H10N3.2C13H13P.C12H7FN3.Ru/c1-9-8-12(16-15-9)13-11-5-3-2-4-10(11)6-7-14-13;2*1-14(12-8-4-2-5-9-12)13-10-6-3-7-11-13;13-11-7-10(15-16-11)12-9-4-2-1-3-8(9)5-6-14-12;/h2-8H,1H3;2*2-11H,1H3;1-7H;/q-1;;;-1;+2/p+2. The topological polar surface area (TPSA) is 79.8 Å². The van der Waals surface area contributed by atoms with E-state index in [0.29, 0.717) is 11.4 Å². The SMILES string of the molecule is C[PH+](c1ccccc1)c1ccccc1.C[PH+](c1ccccc1)c1ccccc1.Cc1cc(-c2nccc3ccccc23)[n-]n1.Fc1cc(-c2nccc3ccccc23)[n-]n1.[Ru+2]. The fourth-order valence-corrected chi connectivity index (χ4v) is 10.1. The van der Waals surface area contributed by atoms with Gasteiger partial charge in [-0.1, -0.05) is 139 Å². The molecule has 10 rings (SSSR count). The second kappa shape index (κ2) is 22.5. The van der Waals surface area contributed by atoms with Crippen molar-refractivity contribution in [2.75, 3.05) is 13.3 Å². The molecule has 302 valence electrons. The monoisotopic (exact) mass is 924 g/mol. The maximum absolute atomic E-state index is 12.8. The molecule has 0 fully saturated rings. The Kier molecular flexibility index (Phi) is 16.5. The molecule has 0 aliphatic heterocycles. The summed E-state index contributed by atoms with van der Waals surface area (Å²) in [6.07, 6.45) is 3.49. The zero-order valence-electron chi connectivity index (χ0n) is 34.0. The fourth-order valence-electron chi connectivity index (χ4n) is 6.63. The summed E-state index contributed by atoms with van der Waals surface area (Å²) in [5.41, 5.74) is 3.79. The summed E-state index contributed by atoms with van der Waals surface area (Å²) >= 11 is 0. The minimum absolute atomic E-state index is 0. The Morgan fingerprint density at radius 2 is 0.770 bits per heavy atom.